The van der Waals surface area contributed by atoms with Gasteiger partial charge in [0.25, 0.3) is 5.88 Å². The van der Waals surface area contributed by atoms with E-state index in [9.17, 15) is 4.79 Å². The van der Waals surface area contributed by atoms with Gasteiger partial charge in [0.1, 0.15) is 0 Å². The molecule has 0 bridgehead atoms. The second-order valence-corrected chi connectivity index (χ2v) is 7.47. The van der Waals surface area contributed by atoms with Gasteiger partial charge in [0.05, 0.1) is 30.1 Å². The number of nitrogens with zero attached hydrogens (tertiary/aromatic N) is 3. The van der Waals surface area contributed by atoms with Crippen molar-refractivity contribution in [1.29, 1.82) is 0 Å². The molecule has 3 aromatic rings. The van der Waals surface area contributed by atoms with E-state index in [1.807, 2.05) is 61.5 Å². The van der Waals surface area contributed by atoms with Crippen molar-refractivity contribution in [2.45, 2.75) is 25.8 Å². The third-order valence-corrected chi connectivity index (χ3v) is 5.46. The molecule has 1 aromatic heterocycles. The zero-order valence-electron chi connectivity index (χ0n) is 16.8. The normalized spacial score (nSPS) is 17.7. The van der Waals surface area contributed by atoms with Crippen LogP contribution < -0.4 is 15.0 Å². The molecular weight excluding hydrogens is 364 g/mol. The molecule has 2 atom stereocenters. The fourth-order valence-electron chi connectivity index (χ4n) is 3.86. The summed E-state index contributed by atoms with van der Waals surface area (Å²) in [4.78, 5) is 24.4. The Kier molecular flexibility index (Phi) is 5.60. The molecule has 1 amide bonds. The van der Waals surface area contributed by atoms with Gasteiger partial charge in [0.15, 0.2) is 5.82 Å². The maximum Gasteiger partial charge on any atom is 0.257 e. The average Bonchev–Trinajstić information content (AvgIpc) is 2.78. The number of aromatic nitrogens is 2. The molecule has 2 heterocycles. The molecule has 0 radical (unpaired) electrons. The molecule has 1 saturated heterocycles. The molecule has 0 saturated carbocycles. The fraction of sp³-hybridized carbons (Fsp3) is 0.348. The van der Waals surface area contributed by atoms with Gasteiger partial charge < -0.3 is 15.0 Å². The Balaban J connectivity index is 1.51. The monoisotopic (exact) mass is 390 g/mol. The molecule has 0 spiro atoms. The van der Waals surface area contributed by atoms with Crippen LogP contribution in [0.15, 0.2) is 54.6 Å². The zero-order chi connectivity index (χ0) is 20.2. The van der Waals surface area contributed by atoms with Crippen molar-refractivity contribution in [1.82, 2.24) is 15.3 Å². The van der Waals surface area contributed by atoms with Crippen molar-refractivity contribution < 1.29 is 9.53 Å². The maximum atomic E-state index is 12.9. The number of para-hydroxylation sites is 2. The lowest BCUT2D eigenvalue weighted by molar-refractivity contribution is -0.125. The summed E-state index contributed by atoms with van der Waals surface area (Å²) in [5, 5.41) is 3.16. The Morgan fingerprint density at radius 3 is 2.52 bits per heavy atom. The van der Waals surface area contributed by atoms with Gasteiger partial charge in [-0.3, -0.25) is 4.79 Å². The lowest BCUT2D eigenvalue weighted by Crippen LogP contribution is -2.44. The fourth-order valence-corrected chi connectivity index (χ4v) is 3.86. The van der Waals surface area contributed by atoms with Gasteiger partial charge in [-0.1, -0.05) is 42.5 Å². The number of fused-ring (bicyclic) bond motifs is 1. The number of hydrogen-bond acceptors (Lipinski definition) is 5. The molecule has 4 rings (SSSR count). The summed E-state index contributed by atoms with van der Waals surface area (Å²) in [6.07, 6.45) is 1.79. The summed E-state index contributed by atoms with van der Waals surface area (Å²) in [7, 11) is 1.61. The predicted octanol–water partition coefficient (Wildman–Crippen LogP) is 3.73. The van der Waals surface area contributed by atoms with Gasteiger partial charge in [-0.2, -0.15) is 0 Å². The number of anilines is 1. The van der Waals surface area contributed by atoms with Crippen LogP contribution >= 0.6 is 0 Å². The van der Waals surface area contributed by atoms with Crippen molar-refractivity contribution in [2.75, 3.05) is 25.1 Å². The summed E-state index contributed by atoms with van der Waals surface area (Å²) in [5.74, 6) is 1.20. The van der Waals surface area contributed by atoms with Crippen LogP contribution in [0.5, 0.6) is 5.88 Å². The number of carbonyl (C=O) groups is 1. The first kappa shape index (κ1) is 19.2. The van der Waals surface area contributed by atoms with Crippen LogP contribution in [-0.2, 0) is 4.79 Å². The molecule has 1 fully saturated rings. The lowest BCUT2D eigenvalue weighted by atomic mass is 9.96. The topological polar surface area (TPSA) is 67.4 Å². The third-order valence-electron chi connectivity index (χ3n) is 5.46. The third kappa shape index (κ3) is 4.16. The summed E-state index contributed by atoms with van der Waals surface area (Å²) in [6, 6.07) is 17.8. The number of rotatable bonds is 5. The van der Waals surface area contributed by atoms with Crippen molar-refractivity contribution in [3.05, 3.63) is 60.2 Å². The second-order valence-electron chi connectivity index (χ2n) is 7.47. The maximum absolute atomic E-state index is 12.9. The van der Waals surface area contributed by atoms with Gasteiger partial charge in [0.2, 0.25) is 5.91 Å². The number of nitrogens with one attached hydrogen (secondary N) is 1. The minimum absolute atomic E-state index is 0.0194. The van der Waals surface area contributed by atoms with Crippen molar-refractivity contribution >= 4 is 22.8 Å². The van der Waals surface area contributed by atoms with Crippen molar-refractivity contribution in [2.24, 2.45) is 5.92 Å². The molecular formula is C23H26N4O2. The lowest BCUT2D eigenvalue weighted by Gasteiger charge is -2.33. The average molecular weight is 390 g/mol. The molecule has 1 N–H and O–H groups in total. The van der Waals surface area contributed by atoms with Gasteiger partial charge in [-0.05, 0) is 37.5 Å². The number of carbonyl (C=O) groups excluding carboxylic acids is 1. The summed E-state index contributed by atoms with van der Waals surface area (Å²) in [6.45, 7) is 3.46. The van der Waals surface area contributed by atoms with E-state index in [0.29, 0.717) is 18.2 Å². The van der Waals surface area contributed by atoms with E-state index in [1.165, 1.54) is 0 Å². The largest absolute Gasteiger partial charge is 0.478 e. The van der Waals surface area contributed by atoms with Crippen molar-refractivity contribution in [3.63, 3.8) is 0 Å². The number of ether oxygens (including phenoxy) is 1. The van der Waals surface area contributed by atoms with E-state index in [0.717, 1.165) is 36.0 Å². The molecule has 1 aliphatic heterocycles. The van der Waals surface area contributed by atoms with E-state index in [1.54, 1.807) is 7.11 Å². The highest BCUT2D eigenvalue weighted by Gasteiger charge is 2.29. The quantitative estimate of drug-likeness (QED) is 0.719. The van der Waals surface area contributed by atoms with E-state index >= 15 is 0 Å². The Bertz CT molecular complexity index is 993. The molecule has 29 heavy (non-hydrogen) atoms. The second kappa shape index (κ2) is 8.47. The highest BCUT2D eigenvalue weighted by molar-refractivity contribution is 5.81. The van der Waals surface area contributed by atoms with Gasteiger partial charge in [0, 0.05) is 13.1 Å². The van der Waals surface area contributed by atoms with Crippen LogP contribution in [-0.4, -0.2) is 36.1 Å². The Morgan fingerprint density at radius 1 is 1.10 bits per heavy atom. The van der Waals surface area contributed by atoms with Gasteiger partial charge in [-0.25, -0.2) is 9.97 Å². The SMILES string of the molecule is COc1nc2ccccc2nc1N1CCCC(C(=O)NC(C)c2ccccc2)C1. The van der Waals surface area contributed by atoms with E-state index in [2.05, 4.69) is 15.2 Å². The van der Waals surface area contributed by atoms with Crippen molar-refractivity contribution in [3.8, 4) is 5.88 Å². The molecule has 6 heteroatoms. The number of hydrogen-bond donors (Lipinski definition) is 1. The number of amides is 1. The number of piperidine rings is 1. The summed E-state index contributed by atoms with van der Waals surface area (Å²) in [5.41, 5.74) is 2.74. The van der Waals surface area contributed by atoms with Gasteiger partial charge >= 0.3 is 0 Å². The molecule has 1 aliphatic rings. The zero-order valence-corrected chi connectivity index (χ0v) is 16.8. The minimum Gasteiger partial charge on any atom is -0.478 e. The van der Waals surface area contributed by atoms with E-state index in [-0.39, 0.29) is 17.9 Å². The molecule has 6 nitrogen and oxygen atoms in total. The predicted molar refractivity (Wildman–Crippen MR) is 114 cm³/mol. The van der Waals surface area contributed by atoms with Crippen LogP contribution in [0.4, 0.5) is 5.82 Å². The highest BCUT2D eigenvalue weighted by Crippen LogP contribution is 2.30. The van der Waals surface area contributed by atoms with Crippen LogP contribution in [0, 0.1) is 5.92 Å². The Morgan fingerprint density at radius 2 is 1.79 bits per heavy atom. The van der Waals surface area contributed by atoms with Crippen LogP contribution in [0.25, 0.3) is 11.0 Å². The molecule has 150 valence electrons. The van der Waals surface area contributed by atoms with E-state index < -0.39 is 0 Å². The first-order valence-electron chi connectivity index (χ1n) is 10.1. The van der Waals surface area contributed by atoms with Crippen LogP contribution in [0.3, 0.4) is 0 Å². The standard InChI is InChI=1S/C23H26N4O2/c1-16(17-9-4-3-5-10-17)24-22(28)18-11-8-14-27(15-18)21-23(29-2)26-20-13-7-6-12-19(20)25-21/h3-7,9-10,12-13,16,18H,8,11,14-15H2,1-2H3,(H,24,28). The number of methoxy groups -OCH3 is 1. The smallest absolute Gasteiger partial charge is 0.257 e. The van der Waals surface area contributed by atoms with Crippen LogP contribution in [0.2, 0.25) is 0 Å². The van der Waals surface area contributed by atoms with E-state index in [4.69, 9.17) is 9.72 Å². The number of benzene rings is 2. The highest BCUT2D eigenvalue weighted by atomic mass is 16.5. The first-order valence-corrected chi connectivity index (χ1v) is 10.1. The Hall–Kier alpha value is -3.15. The van der Waals surface area contributed by atoms with Crippen LogP contribution in [0.1, 0.15) is 31.4 Å². The molecule has 2 unspecified atom stereocenters. The molecule has 2 aromatic carbocycles. The first-order chi connectivity index (χ1) is 14.2. The summed E-state index contributed by atoms with van der Waals surface area (Å²) < 4.78 is 5.51. The Labute approximate surface area is 170 Å². The summed E-state index contributed by atoms with van der Waals surface area (Å²) >= 11 is 0. The molecule has 0 aliphatic carbocycles. The minimum atomic E-state index is -0.0899. The van der Waals surface area contributed by atoms with Gasteiger partial charge in [-0.15, -0.1) is 0 Å².